The second-order valence-corrected chi connectivity index (χ2v) is 10.4. The zero-order valence-electron chi connectivity index (χ0n) is 24.6. The van der Waals surface area contributed by atoms with Crippen molar-refractivity contribution < 1.29 is 5.11 Å². The highest BCUT2D eigenvalue weighted by atomic mass is 16.3. The van der Waals surface area contributed by atoms with Crippen molar-refractivity contribution in [2.45, 2.75) is 20.4 Å². The fraction of sp³-hybridized carbons (Fsp3) is 0.206. The van der Waals surface area contributed by atoms with Crippen LogP contribution in [0.4, 0.5) is 11.5 Å². The van der Waals surface area contributed by atoms with Gasteiger partial charge in [-0.25, -0.2) is 15.0 Å². The quantitative estimate of drug-likeness (QED) is 0.273. The zero-order chi connectivity index (χ0) is 30.8. The van der Waals surface area contributed by atoms with Crippen molar-refractivity contribution in [2.24, 2.45) is 0 Å². The van der Waals surface area contributed by atoms with Gasteiger partial charge in [0.25, 0.3) is 10.9 Å². The number of aromatic hydroxyl groups is 1. The molecule has 0 spiro atoms. The summed E-state index contributed by atoms with van der Waals surface area (Å²) < 4.78 is 2.02. The molecule has 0 amide bonds. The zero-order valence-corrected chi connectivity index (χ0v) is 24.6. The van der Waals surface area contributed by atoms with E-state index in [1.165, 1.54) is 0 Å². The van der Waals surface area contributed by atoms with Crippen LogP contribution in [0.2, 0.25) is 0 Å². The van der Waals surface area contributed by atoms with Crippen molar-refractivity contribution in [1.29, 1.82) is 0 Å². The smallest absolute Gasteiger partial charge is 0.271 e. The summed E-state index contributed by atoms with van der Waals surface area (Å²) in [6.45, 7) is 7.30. The molecule has 222 valence electrons. The van der Waals surface area contributed by atoms with Crippen molar-refractivity contribution >= 4 is 22.7 Å². The van der Waals surface area contributed by atoms with Gasteiger partial charge < -0.3 is 15.7 Å². The molecule has 44 heavy (non-hydrogen) atoms. The molecule has 4 heterocycles. The average molecular weight is 588 g/mol. The molecule has 10 nitrogen and oxygen atoms in total. The third kappa shape index (κ3) is 5.20. The van der Waals surface area contributed by atoms with Gasteiger partial charge in [0, 0.05) is 50.2 Å². The fourth-order valence-corrected chi connectivity index (χ4v) is 5.56. The van der Waals surface area contributed by atoms with E-state index in [1.807, 2.05) is 73.0 Å². The first-order chi connectivity index (χ1) is 21.5. The minimum Gasteiger partial charge on any atom is -0.502 e. The van der Waals surface area contributed by atoms with Crippen molar-refractivity contribution in [1.82, 2.24) is 24.4 Å². The molecule has 1 saturated heterocycles. The number of piperazine rings is 1. The lowest BCUT2D eigenvalue weighted by Gasteiger charge is -2.36. The number of imidazole rings is 1. The summed E-state index contributed by atoms with van der Waals surface area (Å²) in [6.07, 6.45) is 1.66. The minimum atomic E-state index is -0.793. The molecule has 0 aliphatic carbocycles. The van der Waals surface area contributed by atoms with Gasteiger partial charge in [-0.2, -0.15) is 0 Å². The monoisotopic (exact) mass is 587 g/mol. The number of fused-ring (bicyclic) bond motifs is 1. The number of nitrogens with zero attached hydrogens (tertiary/aromatic N) is 6. The molecule has 1 fully saturated rings. The third-order valence-corrected chi connectivity index (χ3v) is 7.80. The highest BCUT2D eigenvalue weighted by molar-refractivity contribution is 5.84. The van der Waals surface area contributed by atoms with Gasteiger partial charge in [0.05, 0.1) is 11.3 Å². The Balaban J connectivity index is 0.00000168. The van der Waals surface area contributed by atoms with Crippen molar-refractivity contribution in [2.75, 3.05) is 36.8 Å². The van der Waals surface area contributed by atoms with Crippen molar-refractivity contribution in [3.05, 3.63) is 111 Å². The summed E-state index contributed by atoms with van der Waals surface area (Å²) in [5.74, 6) is 0.651. The number of nitrogens with two attached hydrogens (primary N) is 1. The van der Waals surface area contributed by atoms with Crippen LogP contribution in [0.1, 0.15) is 19.4 Å². The SMILES string of the molecule is CC.Nc1ncccc1-c1nc2ccc(-c3ccccc3)nc2n1-c1ccc(CN2CCN(c3c(O)c(=O)c3=O)CC2)cc1. The molecule has 1 aliphatic rings. The van der Waals surface area contributed by atoms with E-state index in [1.54, 1.807) is 11.1 Å². The fourth-order valence-electron chi connectivity index (χ4n) is 5.56. The van der Waals surface area contributed by atoms with Crippen LogP contribution in [0.25, 0.3) is 39.5 Å². The Bertz CT molecular complexity index is 1990. The molecule has 3 aromatic carbocycles. The van der Waals surface area contributed by atoms with E-state index in [4.69, 9.17) is 15.7 Å². The number of hydrogen-bond acceptors (Lipinski definition) is 9. The summed E-state index contributed by atoms with van der Waals surface area (Å²) in [4.78, 5) is 41.5. The van der Waals surface area contributed by atoms with E-state index in [0.29, 0.717) is 37.8 Å². The lowest BCUT2D eigenvalue weighted by molar-refractivity contribution is 0.248. The van der Waals surface area contributed by atoms with Crippen LogP contribution in [0.3, 0.4) is 0 Å². The van der Waals surface area contributed by atoms with Gasteiger partial charge in [0.1, 0.15) is 17.0 Å². The normalized spacial score (nSPS) is 13.6. The van der Waals surface area contributed by atoms with Crippen LogP contribution >= 0.6 is 0 Å². The van der Waals surface area contributed by atoms with Crippen molar-refractivity contribution in [3.8, 4) is 34.1 Å². The van der Waals surface area contributed by atoms with Crippen LogP contribution < -0.4 is 21.5 Å². The number of benzene rings is 2. The number of anilines is 2. The van der Waals surface area contributed by atoms with Crippen molar-refractivity contribution in [3.63, 3.8) is 0 Å². The van der Waals surface area contributed by atoms with E-state index in [9.17, 15) is 14.7 Å². The van der Waals surface area contributed by atoms with Crippen LogP contribution in [0, 0.1) is 0 Å². The molecule has 3 aromatic heterocycles. The maximum Gasteiger partial charge on any atom is 0.271 e. The van der Waals surface area contributed by atoms with Gasteiger partial charge in [0.2, 0.25) is 0 Å². The van der Waals surface area contributed by atoms with E-state index in [2.05, 4.69) is 34.1 Å². The molecular weight excluding hydrogens is 554 g/mol. The molecule has 0 radical (unpaired) electrons. The predicted molar refractivity (Wildman–Crippen MR) is 174 cm³/mol. The van der Waals surface area contributed by atoms with Crippen LogP contribution in [0.15, 0.2) is 94.6 Å². The van der Waals surface area contributed by atoms with E-state index >= 15 is 0 Å². The molecular formula is C34H33N7O3. The molecule has 7 rings (SSSR count). The number of rotatable bonds is 6. The van der Waals surface area contributed by atoms with Gasteiger partial charge in [-0.15, -0.1) is 0 Å². The highest BCUT2D eigenvalue weighted by Gasteiger charge is 2.28. The summed E-state index contributed by atoms with van der Waals surface area (Å²) >= 11 is 0. The molecule has 1 aliphatic heterocycles. The number of pyridine rings is 2. The highest BCUT2D eigenvalue weighted by Crippen LogP contribution is 2.32. The van der Waals surface area contributed by atoms with Gasteiger partial charge in [-0.05, 0) is 42.0 Å². The van der Waals surface area contributed by atoms with Crippen LogP contribution in [0.5, 0.6) is 5.75 Å². The van der Waals surface area contributed by atoms with E-state index in [-0.39, 0.29) is 5.69 Å². The summed E-state index contributed by atoms with van der Waals surface area (Å²) in [5, 5.41) is 9.78. The Hall–Kier alpha value is -5.35. The van der Waals surface area contributed by atoms with E-state index < -0.39 is 16.6 Å². The molecule has 0 bridgehead atoms. The summed E-state index contributed by atoms with van der Waals surface area (Å²) in [5.41, 5.74) is 11.2. The molecule has 3 N–H and O–H groups in total. The van der Waals surface area contributed by atoms with Crippen LogP contribution in [-0.2, 0) is 6.54 Å². The lowest BCUT2D eigenvalue weighted by atomic mass is 10.1. The Morgan fingerprint density at radius 3 is 2.23 bits per heavy atom. The number of nitrogen functional groups attached to an aromatic ring is 1. The summed E-state index contributed by atoms with van der Waals surface area (Å²) in [6, 6.07) is 26.0. The average Bonchev–Trinajstić information content (AvgIpc) is 3.46. The van der Waals surface area contributed by atoms with E-state index in [0.717, 1.165) is 45.8 Å². The number of aromatic nitrogens is 4. The Morgan fingerprint density at radius 2 is 1.55 bits per heavy atom. The molecule has 0 atom stereocenters. The topological polar surface area (TPSA) is 130 Å². The van der Waals surface area contributed by atoms with Gasteiger partial charge in [0.15, 0.2) is 17.2 Å². The molecule has 10 heteroatoms. The Kier molecular flexibility index (Phi) is 7.91. The Morgan fingerprint density at radius 1 is 0.818 bits per heavy atom. The molecule has 0 unspecified atom stereocenters. The maximum atomic E-state index is 11.8. The van der Waals surface area contributed by atoms with Gasteiger partial charge >= 0.3 is 0 Å². The second-order valence-electron chi connectivity index (χ2n) is 10.4. The van der Waals surface area contributed by atoms with Gasteiger partial charge in [-0.3, -0.25) is 19.1 Å². The summed E-state index contributed by atoms with van der Waals surface area (Å²) in [7, 11) is 0. The molecule has 0 saturated carbocycles. The third-order valence-electron chi connectivity index (χ3n) is 7.80. The lowest BCUT2D eigenvalue weighted by Crippen LogP contribution is -2.50. The standard InChI is InChI=1S/C32H27N7O3.C2H6/c33-30-23(7-4-14-34-30)31-36-25-13-12-24(21-5-2-1-3-6-21)35-32(25)39(31)22-10-8-20(9-11-22)19-37-15-17-38(18-16-37)26-27(40)29(42)28(26)41;1-2/h1-14,40H,15-19H2,(H2,33,34);1-2H3. The largest absolute Gasteiger partial charge is 0.502 e. The molecule has 6 aromatic rings. The first-order valence-corrected chi connectivity index (χ1v) is 14.7. The minimum absolute atomic E-state index is 0.158. The Labute approximate surface area is 254 Å². The maximum absolute atomic E-state index is 11.8. The van der Waals surface area contributed by atoms with Gasteiger partial charge in [-0.1, -0.05) is 56.3 Å². The van der Waals surface area contributed by atoms with Crippen LogP contribution in [-0.4, -0.2) is 55.7 Å². The first kappa shape index (κ1) is 28.8. The number of hydrogen-bond donors (Lipinski definition) is 2. The predicted octanol–water partition coefficient (Wildman–Crippen LogP) is 4.38. The second kappa shape index (κ2) is 12.1. The first-order valence-electron chi connectivity index (χ1n) is 14.7.